The third-order valence-corrected chi connectivity index (χ3v) is 7.08. The van der Waals surface area contributed by atoms with Gasteiger partial charge in [0.2, 0.25) is 5.91 Å². The maximum Gasteiger partial charge on any atom is 0.220 e. The van der Waals surface area contributed by atoms with Gasteiger partial charge in [-0.3, -0.25) is 9.69 Å². The summed E-state index contributed by atoms with van der Waals surface area (Å²) in [6.07, 6.45) is 12.5. The summed E-state index contributed by atoms with van der Waals surface area (Å²) in [7, 11) is 0. The first kappa shape index (κ1) is 21.4. The number of amides is 1. The summed E-state index contributed by atoms with van der Waals surface area (Å²) in [5.74, 6) is 2.45. The van der Waals surface area contributed by atoms with Crippen LogP contribution in [0.25, 0.3) is 11.3 Å². The van der Waals surface area contributed by atoms with Crippen molar-refractivity contribution in [3.63, 3.8) is 0 Å². The maximum absolute atomic E-state index is 12.0. The molecule has 1 unspecified atom stereocenters. The average Bonchev–Trinajstić information content (AvgIpc) is 3.21. The monoisotopic (exact) mass is 410 g/mol. The molecule has 0 bridgehead atoms. The van der Waals surface area contributed by atoms with Crippen molar-refractivity contribution in [3.05, 3.63) is 36.1 Å². The summed E-state index contributed by atoms with van der Waals surface area (Å²) >= 11 is 0. The second-order valence-corrected chi connectivity index (χ2v) is 9.94. The van der Waals surface area contributed by atoms with E-state index in [1.165, 1.54) is 62.7 Å². The fraction of sp³-hybridized carbons (Fsp3) is 0.654. The van der Waals surface area contributed by atoms with E-state index in [1.807, 2.05) is 12.3 Å². The van der Waals surface area contributed by atoms with Gasteiger partial charge >= 0.3 is 0 Å². The highest BCUT2D eigenvalue weighted by atomic mass is 16.3. The van der Waals surface area contributed by atoms with E-state index in [-0.39, 0.29) is 5.91 Å². The van der Waals surface area contributed by atoms with Crippen LogP contribution in [0.1, 0.15) is 83.2 Å². The molecule has 4 heteroatoms. The van der Waals surface area contributed by atoms with Crippen molar-refractivity contribution in [1.29, 1.82) is 0 Å². The Bertz CT molecular complexity index is 775. The summed E-state index contributed by atoms with van der Waals surface area (Å²) < 4.78 is 5.89. The molecule has 4 nitrogen and oxygen atoms in total. The molecule has 1 atom stereocenters. The van der Waals surface area contributed by atoms with Gasteiger partial charge in [-0.15, -0.1) is 0 Å². The quantitative estimate of drug-likeness (QED) is 0.607. The second kappa shape index (κ2) is 10.00. The summed E-state index contributed by atoms with van der Waals surface area (Å²) in [6, 6.07) is 9.47. The normalized spacial score (nSPS) is 25.6. The third-order valence-electron chi connectivity index (χ3n) is 7.08. The van der Waals surface area contributed by atoms with Crippen molar-refractivity contribution in [1.82, 2.24) is 10.2 Å². The molecule has 2 heterocycles. The lowest BCUT2D eigenvalue weighted by atomic mass is 9.83. The Morgan fingerprint density at radius 3 is 2.80 bits per heavy atom. The third kappa shape index (κ3) is 5.46. The molecule has 2 fully saturated rings. The molecule has 4 rings (SSSR count). The van der Waals surface area contributed by atoms with Crippen LogP contribution >= 0.6 is 0 Å². The second-order valence-electron chi connectivity index (χ2n) is 9.94. The highest BCUT2D eigenvalue weighted by Gasteiger charge is 2.27. The summed E-state index contributed by atoms with van der Waals surface area (Å²) in [4.78, 5) is 14.7. The molecule has 30 heavy (non-hydrogen) atoms. The lowest BCUT2D eigenvalue weighted by Crippen LogP contribution is -2.39. The Hall–Kier alpha value is -1.81. The van der Waals surface area contributed by atoms with Crippen LogP contribution in [0, 0.1) is 11.8 Å². The summed E-state index contributed by atoms with van der Waals surface area (Å²) in [5.41, 5.74) is 2.56. The van der Waals surface area contributed by atoms with Crippen LogP contribution in [-0.2, 0) is 4.79 Å². The number of nitrogens with one attached hydrogen (secondary N) is 1. The molecule has 0 aromatic carbocycles. The topological polar surface area (TPSA) is 45.5 Å². The number of likely N-dealkylation sites (tertiary alicyclic amines) is 1. The first-order chi connectivity index (χ1) is 14.6. The van der Waals surface area contributed by atoms with Crippen molar-refractivity contribution in [3.8, 4) is 11.3 Å². The van der Waals surface area contributed by atoms with Crippen molar-refractivity contribution in [2.24, 2.45) is 11.8 Å². The molecule has 0 aromatic rings. The van der Waals surface area contributed by atoms with Crippen LogP contribution in [0.5, 0.6) is 0 Å². The molecule has 164 valence electrons. The molecular formula is C26H38N2O2. The van der Waals surface area contributed by atoms with Crippen LogP contribution in [0.15, 0.2) is 34.9 Å². The van der Waals surface area contributed by atoms with E-state index in [0.717, 1.165) is 24.5 Å². The Balaban J connectivity index is 1.27. The number of nitrogens with zero attached hydrogens (tertiary/aromatic N) is 1. The molecule has 0 spiro atoms. The first-order valence-electron chi connectivity index (χ1n) is 12.1. The highest BCUT2D eigenvalue weighted by molar-refractivity contribution is 5.76. The minimum atomic E-state index is 0.233. The Morgan fingerprint density at radius 1 is 1.17 bits per heavy atom. The van der Waals surface area contributed by atoms with Gasteiger partial charge in [-0.25, -0.2) is 0 Å². The van der Waals surface area contributed by atoms with Crippen molar-refractivity contribution < 1.29 is 9.21 Å². The first-order valence-corrected chi connectivity index (χ1v) is 12.1. The fourth-order valence-corrected chi connectivity index (χ4v) is 5.40. The van der Waals surface area contributed by atoms with Gasteiger partial charge in [-0.1, -0.05) is 32.4 Å². The van der Waals surface area contributed by atoms with Crippen LogP contribution in [-0.4, -0.2) is 29.9 Å². The lowest BCUT2D eigenvalue weighted by Gasteiger charge is -2.37. The van der Waals surface area contributed by atoms with Gasteiger partial charge in [-0.2, -0.15) is 0 Å². The standard InChI is InChI=1S/C26H38N2O2/c1-19(2)16-26(29)27-23-11-9-20(10-12-23)13-15-28-14-4-3-7-24(28)22-17-21-6-5-8-25(21)30-18-22/h5-6,8,17-20,23-24H,3-4,7,9-16H2,1-2H3,(H,27,29). The summed E-state index contributed by atoms with van der Waals surface area (Å²) in [6.45, 7) is 6.59. The molecule has 0 aromatic heterocycles. The number of rotatable bonds is 7. The Morgan fingerprint density at radius 2 is 2.00 bits per heavy atom. The van der Waals surface area contributed by atoms with Gasteiger partial charge < -0.3 is 9.73 Å². The molecule has 1 saturated carbocycles. The number of hydrogen-bond acceptors (Lipinski definition) is 3. The minimum absolute atomic E-state index is 0.233. The van der Waals surface area contributed by atoms with E-state index in [4.69, 9.17) is 4.42 Å². The number of fused-ring (bicyclic) bond motifs is 1. The van der Waals surface area contributed by atoms with Gasteiger partial charge in [0.15, 0.2) is 0 Å². The molecule has 2 aliphatic heterocycles. The SMILES string of the molecule is CC(C)CC(=O)NC1CCC(CCN2CCCCC2c2coc3cccc-3c2)CC1. The van der Waals surface area contributed by atoms with Gasteiger partial charge in [0.05, 0.1) is 6.26 Å². The van der Waals surface area contributed by atoms with E-state index >= 15 is 0 Å². The number of hydrogen-bond donors (Lipinski definition) is 1. The van der Waals surface area contributed by atoms with Gasteiger partial charge in [0.25, 0.3) is 0 Å². The molecule has 2 aliphatic carbocycles. The zero-order valence-corrected chi connectivity index (χ0v) is 18.7. The van der Waals surface area contributed by atoms with Crippen molar-refractivity contribution in [2.75, 3.05) is 13.1 Å². The van der Waals surface area contributed by atoms with E-state index in [9.17, 15) is 4.79 Å². The van der Waals surface area contributed by atoms with Crippen molar-refractivity contribution in [2.45, 2.75) is 83.7 Å². The molecule has 1 saturated heterocycles. The number of carbonyl (C=O) groups excluding carboxylic acids is 1. The van der Waals surface area contributed by atoms with Crippen LogP contribution in [0.3, 0.4) is 0 Å². The zero-order chi connectivity index (χ0) is 20.9. The smallest absolute Gasteiger partial charge is 0.220 e. The van der Waals surface area contributed by atoms with Crippen LogP contribution < -0.4 is 5.32 Å². The summed E-state index contributed by atoms with van der Waals surface area (Å²) in [5, 5.41) is 3.26. The molecule has 1 N–H and O–H groups in total. The van der Waals surface area contributed by atoms with Crippen LogP contribution in [0.4, 0.5) is 0 Å². The maximum atomic E-state index is 12.0. The molecule has 0 radical (unpaired) electrons. The van der Waals surface area contributed by atoms with Gasteiger partial charge in [0.1, 0.15) is 5.76 Å². The lowest BCUT2D eigenvalue weighted by molar-refractivity contribution is -0.122. The highest BCUT2D eigenvalue weighted by Crippen LogP contribution is 2.36. The fourth-order valence-electron chi connectivity index (χ4n) is 5.40. The van der Waals surface area contributed by atoms with Gasteiger partial charge in [-0.05, 0) is 82.0 Å². The predicted octanol–water partition coefficient (Wildman–Crippen LogP) is 6.02. The van der Waals surface area contributed by atoms with E-state index in [2.05, 4.69) is 42.3 Å². The van der Waals surface area contributed by atoms with E-state index in [1.54, 1.807) is 0 Å². The average molecular weight is 411 g/mol. The predicted molar refractivity (Wildman–Crippen MR) is 121 cm³/mol. The zero-order valence-electron chi connectivity index (χ0n) is 18.7. The molecule has 1 amide bonds. The van der Waals surface area contributed by atoms with E-state index < -0.39 is 0 Å². The number of piperidine rings is 1. The van der Waals surface area contributed by atoms with Crippen molar-refractivity contribution >= 4 is 5.91 Å². The van der Waals surface area contributed by atoms with Gasteiger partial charge in [0, 0.05) is 29.6 Å². The molecular weight excluding hydrogens is 372 g/mol. The number of carbonyl (C=O) groups is 1. The Labute approximate surface area is 181 Å². The Kier molecular flexibility index (Phi) is 7.14. The van der Waals surface area contributed by atoms with Crippen LogP contribution in [0.2, 0.25) is 0 Å². The van der Waals surface area contributed by atoms with E-state index in [0.29, 0.717) is 24.4 Å². The molecule has 4 aliphatic rings. The largest absolute Gasteiger partial charge is 0.464 e. The minimum Gasteiger partial charge on any atom is -0.464 e.